The van der Waals surface area contributed by atoms with Crippen molar-refractivity contribution in [2.24, 2.45) is 0 Å². The Labute approximate surface area is 166 Å². The number of anilines is 1. The van der Waals surface area contributed by atoms with Crippen LogP contribution in [0.2, 0.25) is 5.02 Å². The van der Waals surface area contributed by atoms with E-state index in [2.05, 4.69) is 10.3 Å². The van der Waals surface area contributed by atoms with Crippen LogP contribution >= 0.6 is 11.6 Å². The molecule has 1 aromatic carbocycles. The molecule has 7 nitrogen and oxygen atoms in total. The molecule has 0 radical (unpaired) electrons. The van der Waals surface area contributed by atoms with Crippen LogP contribution in [0.15, 0.2) is 47.0 Å². The summed E-state index contributed by atoms with van der Waals surface area (Å²) in [5, 5.41) is 3.78. The lowest BCUT2D eigenvalue weighted by Crippen LogP contribution is -2.30. The lowest BCUT2D eigenvalue weighted by Gasteiger charge is -2.13. The van der Waals surface area contributed by atoms with Crippen LogP contribution in [0.4, 0.5) is 5.82 Å². The summed E-state index contributed by atoms with van der Waals surface area (Å²) < 4.78 is 16.4. The quantitative estimate of drug-likeness (QED) is 0.595. The van der Waals surface area contributed by atoms with Crippen molar-refractivity contribution in [3.8, 4) is 0 Å². The molecular weight excluding hydrogens is 384 g/mol. The highest BCUT2D eigenvalue weighted by Gasteiger charge is 2.26. The molecule has 146 valence electrons. The highest BCUT2D eigenvalue weighted by Crippen LogP contribution is 2.27. The Morgan fingerprint density at radius 1 is 1.25 bits per heavy atom. The number of esters is 1. The maximum absolute atomic E-state index is 12.6. The molecular formula is C20H19ClN2O5. The van der Waals surface area contributed by atoms with Crippen LogP contribution in [-0.2, 0) is 20.9 Å². The van der Waals surface area contributed by atoms with E-state index < -0.39 is 18.0 Å². The van der Waals surface area contributed by atoms with E-state index in [1.807, 2.05) is 19.1 Å². The van der Waals surface area contributed by atoms with Gasteiger partial charge >= 0.3 is 5.97 Å². The van der Waals surface area contributed by atoms with E-state index in [9.17, 15) is 9.59 Å². The number of halogens is 1. The van der Waals surface area contributed by atoms with Crippen molar-refractivity contribution in [1.29, 1.82) is 0 Å². The molecule has 0 aliphatic rings. The molecule has 1 atom stereocenters. The van der Waals surface area contributed by atoms with E-state index in [-0.39, 0.29) is 12.4 Å². The molecule has 3 aromatic rings. The first kappa shape index (κ1) is 19.9. The van der Waals surface area contributed by atoms with Gasteiger partial charge in [-0.25, -0.2) is 9.78 Å². The average Bonchev–Trinajstić information content (AvgIpc) is 3.06. The second kappa shape index (κ2) is 8.86. The average molecular weight is 403 g/mol. The Kier molecular flexibility index (Phi) is 6.28. The number of aromatic nitrogens is 1. The first-order valence-corrected chi connectivity index (χ1v) is 9.09. The maximum Gasteiger partial charge on any atom is 0.375 e. The van der Waals surface area contributed by atoms with Gasteiger partial charge in [-0.1, -0.05) is 29.8 Å². The smallest absolute Gasteiger partial charge is 0.375 e. The third kappa shape index (κ3) is 4.49. The summed E-state index contributed by atoms with van der Waals surface area (Å²) in [4.78, 5) is 28.9. The van der Waals surface area contributed by atoms with E-state index in [1.54, 1.807) is 24.3 Å². The number of pyridine rings is 1. The highest BCUT2D eigenvalue weighted by atomic mass is 35.5. The Morgan fingerprint density at radius 3 is 2.75 bits per heavy atom. The van der Waals surface area contributed by atoms with Crippen LogP contribution < -0.4 is 5.32 Å². The summed E-state index contributed by atoms with van der Waals surface area (Å²) in [6.07, 6.45) is 0.348. The highest BCUT2D eigenvalue weighted by molar-refractivity contribution is 6.30. The molecule has 0 fully saturated rings. The molecule has 8 heteroatoms. The SMILES string of the molecule is CCOCc1c(C(=O)O[C@H](C)C(=O)Nc2ccc(Cl)cn2)oc2ccccc12. The van der Waals surface area contributed by atoms with Gasteiger partial charge < -0.3 is 19.2 Å². The van der Waals surface area contributed by atoms with Crippen LogP contribution in [-0.4, -0.2) is 29.6 Å². The number of rotatable bonds is 7. The van der Waals surface area contributed by atoms with E-state index in [4.69, 9.17) is 25.5 Å². The normalized spacial score (nSPS) is 12.0. The standard InChI is InChI=1S/C20H19ClN2O5/c1-3-26-11-15-14-6-4-5-7-16(14)28-18(15)20(25)27-12(2)19(24)23-17-9-8-13(21)10-22-17/h4-10,12H,3,11H2,1-2H3,(H,22,23,24)/t12-/m1/s1. The molecule has 0 aliphatic heterocycles. The van der Waals surface area contributed by atoms with Crippen LogP contribution in [0.25, 0.3) is 11.0 Å². The van der Waals surface area contributed by atoms with Crippen molar-refractivity contribution in [1.82, 2.24) is 4.98 Å². The van der Waals surface area contributed by atoms with Crippen LogP contribution in [0.1, 0.15) is 30.0 Å². The van der Waals surface area contributed by atoms with E-state index >= 15 is 0 Å². The van der Waals surface area contributed by atoms with Gasteiger partial charge in [0.25, 0.3) is 5.91 Å². The van der Waals surface area contributed by atoms with Gasteiger partial charge in [-0.05, 0) is 32.0 Å². The first-order chi connectivity index (χ1) is 13.5. The van der Waals surface area contributed by atoms with Crippen LogP contribution in [0.3, 0.4) is 0 Å². The van der Waals surface area contributed by atoms with Gasteiger partial charge in [-0.15, -0.1) is 0 Å². The van der Waals surface area contributed by atoms with Crippen molar-refractivity contribution in [2.75, 3.05) is 11.9 Å². The molecule has 0 saturated heterocycles. The van der Waals surface area contributed by atoms with Crippen molar-refractivity contribution >= 4 is 40.3 Å². The van der Waals surface area contributed by atoms with E-state index in [0.29, 0.717) is 28.6 Å². The fourth-order valence-corrected chi connectivity index (χ4v) is 2.67. The van der Waals surface area contributed by atoms with Gasteiger partial charge in [0.1, 0.15) is 11.4 Å². The van der Waals surface area contributed by atoms with Crippen LogP contribution in [0.5, 0.6) is 0 Å². The van der Waals surface area contributed by atoms with E-state index in [0.717, 1.165) is 5.39 Å². The zero-order chi connectivity index (χ0) is 20.1. The first-order valence-electron chi connectivity index (χ1n) is 8.71. The zero-order valence-corrected chi connectivity index (χ0v) is 16.2. The molecule has 2 aromatic heterocycles. The van der Waals surface area contributed by atoms with Crippen molar-refractivity contribution in [2.45, 2.75) is 26.6 Å². The number of nitrogens with one attached hydrogen (secondary N) is 1. The number of para-hydroxylation sites is 1. The minimum absolute atomic E-state index is 0.0268. The number of nitrogens with zero attached hydrogens (tertiary/aromatic N) is 1. The zero-order valence-electron chi connectivity index (χ0n) is 15.4. The Morgan fingerprint density at radius 2 is 2.04 bits per heavy atom. The second-order valence-corrected chi connectivity index (χ2v) is 6.38. The molecule has 2 heterocycles. The predicted octanol–water partition coefficient (Wildman–Crippen LogP) is 4.20. The minimum Gasteiger partial charge on any atom is -0.449 e. The molecule has 0 aliphatic carbocycles. The molecule has 3 rings (SSSR count). The fraction of sp³-hybridized carbons (Fsp3) is 0.250. The fourth-order valence-electron chi connectivity index (χ4n) is 2.56. The maximum atomic E-state index is 12.6. The molecule has 0 unspecified atom stereocenters. The van der Waals surface area contributed by atoms with Crippen molar-refractivity contribution in [3.05, 3.63) is 58.9 Å². The number of fused-ring (bicyclic) bond motifs is 1. The van der Waals surface area contributed by atoms with Crippen molar-refractivity contribution < 1.29 is 23.5 Å². The summed E-state index contributed by atoms with van der Waals surface area (Å²) in [7, 11) is 0. The summed E-state index contributed by atoms with van der Waals surface area (Å²) in [5.41, 5.74) is 1.14. The largest absolute Gasteiger partial charge is 0.449 e. The molecule has 28 heavy (non-hydrogen) atoms. The predicted molar refractivity (Wildman–Crippen MR) is 104 cm³/mol. The lowest BCUT2D eigenvalue weighted by molar-refractivity contribution is -0.123. The number of hydrogen-bond donors (Lipinski definition) is 1. The summed E-state index contributed by atoms with van der Waals surface area (Å²) in [6.45, 7) is 4.01. The van der Waals surface area contributed by atoms with E-state index in [1.165, 1.54) is 13.1 Å². The number of amides is 1. The van der Waals surface area contributed by atoms with Crippen LogP contribution in [0, 0.1) is 0 Å². The van der Waals surface area contributed by atoms with Gasteiger partial charge in [-0.2, -0.15) is 0 Å². The lowest BCUT2D eigenvalue weighted by atomic mass is 10.1. The Bertz CT molecular complexity index is 984. The third-order valence-electron chi connectivity index (χ3n) is 3.97. The number of hydrogen-bond acceptors (Lipinski definition) is 6. The molecule has 0 spiro atoms. The number of carbonyl (C=O) groups excluding carboxylic acids is 2. The summed E-state index contributed by atoms with van der Waals surface area (Å²) in [5.74, 6) is -0.930. The summed E-state index contributed by atoms with van der Waals surface area (Å²) >= 11 is 5.77. The number of ether oxygens (including phenoxy) is 2. The third-order valence-corrected chi connectivity index (χ3v) is 4.19. The van der Waals surface area contributed by atoms with Gasteiger partial charge in [0.05, 0.1) is 11.6 Å². The Balaban J connectivity index is 1.74. The molecule has 0 saturated carbocycles. The van der Waals surface area contributed by atoms with Gasteiger partial charge in [0.2, 0.25) is 5.76 Å². The summed E-state index contributed by atoms with van der Waals surface area (Å²) in [6, 6.07) is 10.4. The Hall–Kier alpha value is -2.90. The monoisotopic (exact) mass is 402 g/mol. The number of benzene rings is 1. The van der Waals surface area contributed by atoms with Gasteiger partial charge in [0.15, 0.2) is 6.10 Å². The topological polar surface area (TPSA) is 90.7 Å². The van der Waals surface area contributed by atoms with Crippen molar-refractivity contribution in [3.63, 3.8) is 0 Å². The molecule has 0 bridgehead atoms. The second-order valence-electron chi connectivity index (χ2n) is 5.94. The van der Waals surface area contributed by atoms with Gasteiger partial charge in [-0.3, -0.25) is 4.79 Å². The molecule has 1 amide bonds. The molecule has 1 N–H and O–H groups in total. The minimum atomic E-state index is -1.06. The van der Waals surface area contributed by atoms with Gasteiger partial charge in [0, 0.05) is 23.8 Å². The number of furan rings is 1. The number of carbonyl (C=O) groups is 2.